The van der Waals surface area contributed by atoms with Crippen LogP contribution < -0.4 is 0 Å². The van der Waals surface area contributed by atoms with Gasteiger partial charge in [-0.05, 0) is 43.5 Å². The van der Waals surface area contributed by atoms with Crippen molar-refractivity contribution in [3.63, 3.8) is 0 Å². The summed E-state index contributed by atoms with van der Waals surface area (Å²) in [6, 6.07) is 8.39. The molecule has 1 aromatic carbocycles. The lowest BCUT2D eigenvalue weighted by atomic mass is 10.1. The van der Waals surface area contributed by atoms with Gasteiger partial charge in [-0.1, -0.05) is 31.9 Å². The van der Waals surface area contributed by atoms with E-state index in [2.05, 4.69) is 17.9 Å². The van der Waals surface area contributed by atoms with E-state index in [1.165, 1.54) is 44.2 Å². The fourth-order valence-electron chi connectivity index (χ4n) is 2.80. The van der Waals surface area contributed by atoms with Crippen LogP contribution in [0.5, 0.6) is 5.75 Å². The molecular formula is C15H23NO. The van der Waals surface area contributed by atoms with Crippen LogP contribution in [0.25, 0.3) is 0 Å². The van der Waals surface area contributed by atoms with E-state index in [1.807, 2.05) is 12.1 Å². The summed E-state index contributed by atoms with van der Waals surface area (Å²) >= 11 is 0. The molecule has 0 aliphatic carbocycles. The van der Waals surface area contributed by atoms with Gasteiger partial charge in [-0.15, -0.1) is 0 Å². The maximum absolute atomic E-state index is 9.50. The van der Waals surface area contributed by atoms with Crippen LogP contribution >= 0.6 is 0 Å². The summed E-state index contributed by atoms with van der Waals surface area (Å²) in [7, 11) is 0. The molecule has 1 aliphatic heterocycles. The van der Waals surface area contributed by atoms with Crippen molar-refractivity contribution < 1.29 is 5.11 Å². The second-order valence-corrected chi connectivity index (χ2v) is 5.05. The van der Waals surface area contributed by atoms with Crippen molar-refractivity contribution in [3.05, 3.63) is 29.8 Å². The van der Waals surface area contributed by atoms with E-state index in [0.29, 0.717) is 5.75 Å². The molecule has 0 amide bonds. The first-order chi connectivity index (χ1) is 8.29. The van der Waals surface area contributed by atoms with Gasteiger partial charge < -0.3 is 5.11 Å². The Morgan fingerprint density at radius 1 is 1.29 bits per heavy atom. The molecular weight excluding hydrogens is 210 g/mol. The largest absolute Gasteiger partial charge is 0.508 e. The fourth-order valence-corrected chi connectivity index (χ4v) is 2.80. The lowest BCUT2D eigenvalue weighted by Gasteiger charge is -2.29. The molecule has 2 nitrogen and oxygen atoms in total. The van der Waals surface area contributed by atoms with Crippen LogP contribution in [0.3, 0.4) is 0 Å². The Kier molecular flexibility index (Phi) is 4.43. The van der Waals surface area contributed by atoms with Gasteiger partial charge in [0.05, 0.1) is 0 Å². The van der Waals surface area contributed by atoms with Crippen molar-refractivity contribution in [1.29, 1.82) is 0 Å². The SMILES string of the molecule is CCC1CCCCCN1Cc1cccc(O)c1. The summed E-state index contributed by atoms with van der Waals surface area (Å²) in [6.45, 7) is 4.46. The van der Waals surface area contributed by atoms with E-state index in [4.69, 9.17) is 0 Å². The highest BCUT2D eigenvalue weighted by atomic mass is 16.3. The number of hydrogen-bond acceptors (Lipinski definition) is 2. The number of phenols is 1. The van der Waals surface area contributed by atoms with Gasteiger partial charge in [0, 0.05) is 12.6 Å². The summed E-state index contributed by atoms with van der Waals surface area (Å²) in [6.07, 6.45) is 6.62. The Labute approximate surface area is 104 Å². The van der Waals surface area contributed by atoms with Gasteiger partial charge in [0.1, 0.15) is 5.75 Å². The number of rotatable bonds is 3. The molecule has 1 N–H and O–H groups in total. The van der Waals surface area contributed by atoms with Crippen molar-refractivity contribution in [3.8, 4) is 5.75 Å². The number of likely N-dealkylation sites (tertiary alicyclic amines) is 1. The average molecular weight is 233 g/mol. The number of phenolic OH excluding ortho intramolecular Hbond substituents is 1. The fraction of sp³-hybridized carbons (Fsp3) is 0.600. The standard InChI is InChI=1S/C15H23NO/c1-2-14-8-4-3-5-10-16(14)12-13-7-6-9-15(17)11-13/h6-7,9,11,14,17H,2-5,8,10,12H2,1H3. The van der Waals surface area contributed by atoms with Gasteiger partial charge >= 0.3 is 0 Å². The maximum Gasteiger partial charge on any atom is 0.115 e. The summed E-state index contributed by atoms with van der Waals surface area (Å²) < 4.78 is 0. The highest BCUT2D eigenvalue weighted by molar-refractivity contribution is 5.27. The summed E-state index contributed by atoms with van der Waals surface area (Å²) in [5.41, 5.74) is 1.23. The second-order valence-electron chi connectivity index (χ2n) is 5.05. The smallest absolute Gasteiger partial charge is 0.115 e. The van der Waals surface area contributed by atoms with E-state index in [1.54, 1.807) is 6.07 Å². The second kappa shape index (κ2) is 6.06. The Bertz CT molecular complexity index is 351. The van der Waals surface area contributed by atoms with Crippen LogP contribution in [0, 0.1) is 0 Å². The van der Waals surface area contributed by atoms with Gasteiger partial charge in [-0.3, -0.25) is 4.90 Å². The molecule has 2 rings (SSSR count). The van der Waals surface area contributed by atoms with Crippen molar-refractivity contribution in [2.45, 2.75) is 51.6 Å². The lowest BCUT2D eigenvalue weighted by Crippen LogP contribution is -2.33. The minimum absolute atomic E-state index is 0.380. The summed E-state index contributed by atoms with van der Waals surface area (Å²) in [4.78, 5) is 2.59. The molecule has 1 saturated heterocycles. The monoisotopic (exact) mass is 233 g/mol. The molecule has 0 aromatic heterocycles. The first kappa shape index (κ1) is 12.4. The zero-order valence-corrected chi connectivity index (χ0v) is 10.7. The molecule has 1 atom stereocenters. The number of aromatic hydroxyl groups is 1. The third kappa shape index (κ3) is 3.47. The third-order valence-electron chi connectivity index (χ3n) is 3.77. The summed E-state index contributed by atoms with van der Waals surface area (Å²) in [5, 5.41) is 9.50. The molecule has 1 heterocycles. The zero-order valence-electron chi connectivity index (χ0n) is 10.7. The Balaban J connectivity index is 2.04. The molecule has 17 heavy (non-hydrogen) atoms. The van der Waals surface area contributed by atoms with Gasteiger partial charge in [0.2, 0.25) is 0 Å². The molecule has 1 aromatic rings. The molecule has 0 spiro atoms. The van der Waals surface area contributed by atoms with Crippen LogP contribution in [0.4, 0.5) is 0 Å². The molecule has 0 radical (unpaired) electrons. The molecule has 0 bridgehead atoms. The molecule has 94 valence electrons. The van der Waals surface area contributed by atoms with Gasteiger partial charge in [-0.2, -0.15) is 0 Å². The highest BCUT2D eigenvalue weighted by Gasteiger charge is 2.19. The summed E-state index contributed by atoms with van der Waals surface area (Å²) in [5.74, 6) is 0.380. The number of hydrogen-bond donors (Lipinski definition) is 1. The molecule has 1 unspecified atom stereocenters. The van der Waals surface area contributed by atoms with Crippen molar-refractivity contribution in [2.75, 3.05) is 6.54 Å². The minimum atomic E-state index is 0.380. The Morgan fingerprint density at radius 3 is 2.94 bits per heavy atom. The van der Waals surface area contributed by atoms with E-state index in [-0.39, 0.29) is 0 Å². The van der Waals surface area contributed by atoms with Crippen molar-refractivity contribution >= 4 is 0 Å². The van der Waals surface area contributed by atoms with Gasteiger partial charge in [0.25, 0.3) is 0 Å². The predicted octanol–water partition coefficient (Wildman–Crippen LogP) is 3.55. The van der Waals surface area contributed by atoms with Crippen molar-refractivity contribution in [2.24, 2.45) is 0 Å². The number of nitrogens with zero attached hydrogens (tertiary/aromatic N) is 1. The van der Waals surface area contributed by atoms with E-state index in [0.717, 1.165) is 12.6 Å². The highest BCUT2D eigenvalue weighted by Crippen LogP contribution is 2.22. The number of benzene rings is 1. The molecule has 1 fully saturated rings. The minimum Gasteiger partial charge on any atom is -0.508 e. The zero-order chi connectivity index (χ0) is 12.1. The first-order valence-electron chi connectivity index (χ1n) is 6.81. The van der Waals surface area contributed by atoms with Crippen LogP contribution in [0.15, 0.2) is 24.3 Å². The maximum atomic E-state index is 9.50. The van der Waals surface area contributed by atoms with E-state index in [9.17, 15) is 5.11 Å². The van der Waals surface area contributed by atoms with Crippen LogP contribution in [0.1, 0.15) is 44.6 Å². The molecule has 0 saturated carbocycles. The van der Waals surface area contributed by atoms with Gasteiger partial charge in [0.15, 0.2) is 0 Å². The van der Waals surface area contributed by atoms with Crippen LogP contribution in [-0.4, -0.2) is 22.6 Å². The average Bonchev–Trinajstić information content (AvgIpc) is 2.54. The lowest BCUT2D eigenvalue weighted by molar-refractivity contribution is 0.186. The third-order valence-corrected chi connectivity index (χ3v) is 3.77. The molecule has 1 aliphatic rings. The quantitative estimate of drug-likeness (QED) is 0.863. The van der Waals surface area contributed by atoms with E-state index < -0.39 is 0 Å². The van der Waals surface area contributed by atoms with E-state index >= 15 is 0 Å². The normalized spacial score (nSPS) is 22.3. The Morgan fingerprint density at radius 2 is 2.18 bits per heavy atom. The Hall–Kier alpha value is -1.02. The van der Waals surface area contributed by atoms with Crippen LogP contribution in [0.2, 0.25) is 0 Å². The van der Waals surface area contributed by atoms with Crippen LogP contribution in [-0.2, 0) is 6.54 Å². The van der Waals surface area contributed by atoms with Gasteiger partial charge in [-0.25, -0.2) is 0 Å². The first-order valence-corrected chi connectivity index (χ1v) is 6.81. The predicted molar refractivity (Wildman–Crippen MR) is 71.1 cm³/mol. The molecule has 2 heteroatoms. The topological polar surface area (TPSA) is 23.5 Å². The van der Waals surface area contributed by atoms with Crippen molar-refractivity contribution in [1.82, 2.24) is 4.90 Å².